The molecule has 2 unspecified atom stereocenters. The summed E-state index contributed by atoms with van der Waals surface area (Å²) in [6, 6.07) is 0.250. The van der Waals surface area contributed by atoms with Crippen molar-refractivity contribution in [2.75, 3.05) is 13.1 Å². The molecule has 1 aliphatic rings. The van der Waals surface area contributed by atoms with Gasteiger partial charge in [-0.05, 0) is 12.8 Å². The first kappa shape index (κ1) is 12.5. The number of nitrogens with one attached hydrogen (secondary N) is 2. The van der Waals surface area contributed by atoms with E-state index in [-0.39, 0.29) is 23.5 Å². The molecule has 0 saturated heterocycles. The molecule has 1 saturated carbocycles. The molecule has 0 bridgehead atoms. The minimum Gasteiger partial charge on any atom is -0.392 e. The topological polar surface area (TPSA) is 61.4 Å². The Balaban J connectivity index is 2.19. The van der Waals surface area contributed by atoms with E-state index >= 15 is 0 Å². The molecule has 1 amide bonds. The number of carbonyl (C=O) groups is 1. The lowest BCUT2D eigenvalue weighted by Crippen LogP contribution is -2.61. The van der Waals surface area contributed by atoms with Gasteiger partial charge in [-0.3, -0.25) is 4.79 Å². The van der Waals surface area contributed by atoms with E-state index in [1.807, 2.05) is 20.8 Å². The third kappa shape index (κ3) is 2.92. The van der Waals surface area contributed by atoms with Crippen LogP contribution in [-0.4, -0.2) is 36.2 Å². The molecule has 2 atom stereocenters. The number of hydrogen-bond donors (Lipinski definition) is 3. The Morgan fingerprint density at radius 2 is 2.20 bits per heavy atom. The van der Waals surface area contributed by atoms with E-state index in [4.69, 9.17) is 0 Å². The van der Waals surface area contributed by atoms with Crippen molar-refractivity contribution in [3.05, 3.63) is 0 Å². The van der Waals surface area contributed by atoms with Gasteiger partial charge in [-0.2, -0.15) is 0 Å². The van der Waals surface area contributed by atoms with Crippen molar-refractivity contribution in [1.29, 1.82) is 0 Å². The number of carbonyl (C=O) groups excluding carboxylic acids is 1. The fourth-order valence-electron chi connectivity index (χ4n) is 1.79. The van der Waals surface area contributed by atoms with Crippen LogP contribution in [0.5, 0.6) is 0 Å². The summed E-state index contributed by atoms with van der Waals surface area (Å²) in [7, 11) is 0. The normalized spacial score (nSPS) is 28.3. The maximum absolute atomic E-state index is 11.3. The monoisotopic (exact) mass is 214 g/mol. The molecule has 1 fully saturated rings. The molecule has 0 aromatic carbocycles. The molecule has 0 radical (unpaired) electrons. The second-order valence-corrected chi connectivity index (χ2v) is 4.86. The summed E-state index contributed by atoms with van der Waals surface area (Å²) in [6.45, 7) is 7.14. The van der Waals surface area contributed by atoms with E-state index in [0.29, 0.717) is 6.54 Å². The Labute approximate surface area is 91.4 Å². The Bertz CT molecular complexity index is 229. The molecule has 1 aliphatic carbocycles. The summed E-state index contributed by atoms with van der Waals surface area (Å²) in [5.74, 6) is 0.0361. The molecule has 1 rings (SSSR count). The van der Waals surface area contributed by atoms with Gasteiger partial charge in [0.05, 0.1) is 12.6 Å². The van der Waals surface area contributed by atoms with Gasteiger partial charge in [-0.1, -0.05) is 20.8 Å². The highest BCUT2D eigenvalue weighted by atomic mass is 16.3. The first-order chi connectivity index (χ1) is 6.98. The van der Waals surface area contributed by atoms with E-state index in [1.165, 1.54) is 0 Å². The first-order valence-electron chi connectivity index (χ1n) is 5.66. The van der Waals surface area contributed by atoms with Crippen molar-refractivity contribution in [2.45, 2.75) is 45.8 Å². The predicted octanol–water partition coefficient (Wildman–Crippen LogP) is 0.262. The third-order valence-electron chi connectivity index (χ3n) is 3.30. The second kappa shape index (κ2) is 4.94. The average molecular weight is 214 g/mol. The van der Waals surface area contributed by atoms with Crippen LogP contribution in [0.3, 0.4) is 0 Å². The third-order valence-corrected chi connectivity index (χ3v) is 3.30. The van der Waals surface area contributed by atoms with Gasteiger partial charge < -0.3 is 15.7 Å². The molecule has 0 aromatic heterocycles. The number of aliphatic hydroxyl groups is 1. The van der Waals surface area contributed by atoms with Crippen LogP contribution in [-0.2, 0) is 4.79 Å². The number of hydrogen-bond acceptors (Lipinski definition) is 3. The van der Waals surface area contributed by atoms with E-state index in [2.05, 4.69) is 10.6 Å². The van der Waals surface area contributed by atoms with E-state index < -0.39 is 0 Å². The lowest BCUT2D eigenvalue weighted by molar-refractivity contribution is -0.122. The number of rotatable bonds is 5. The molecule has 0 aromatic rings. The molecular weight excluding hydrogens is 192 g/mol. The van der Waals surface area contributed by atoms with Crippen LogP contribution in [0.1, 0.15) is 33.6 Å². The highest BCUT2D eigenvalue weighted by molar-refractivity contribution is 5.78. The minimum atomic E-state index is -0.242. The molecule has 0 aliphatic heterocycles. The van der Waals surface area contributed by atoms with Crippen LogP contribution < -0.4 is 10.6 Å². The zero-order chi connectivity index (χ0) is 11.5. The van der Waals surface area contributed by atoms with Crippen LogP contribution >= 0.6 is 0 Å². The Morgan fingerprint density at radius 3 is 2.67 bits per heavy atom. The zero-order valence-electron chi connectivity index (χ0n) is 9.84. The molecule has 4 nitrogen and oxygen atoms in total. The van der Waals surface area contributed by atoms with Gasteiger partial charge in [0.1, 0.15) is 0 Å². The van der Waals surface area contributed by atoms with Crippen LogP contribution in [0, 0.1) is 5.41 Å². The molecule has 0 spiro atoms. The summed E-state index contributed by atoms with van der Waals surface area (Å²) in [4.78, 5) is 11.3. The van der Waals surface area contributed by atoms with Crippen molar-refractivity contribution < 1.29 is 9.90 Å². The summed E-state index contributed by atoms with van der Waals surface area (Å²) in [5, 5.41) is 15.5. The van der Waals surface area contributed by atoms with Gasteiger partial charge in [-0.15, -0.1) is 0 Å². The minimum absolute atomic E-state index is 0.0361. The Hall–Kier alpha value is -0.610. The smallest absolute Gasteiger partial charge is 0.233 e. The number of aliphatic hydroxyl groups excluding tert-OH is 1. The number of amides is 1. The average Bonchev–Trinajstić information content (AvgIpc) is 2.20. The van der Waals surface area contributed by atoms with Gasteiger partial charge in [-0.25, -0.2) is 0 Å². The maximum atomic E-state index is 11.3. The van der Waals surface area contributed by atoms with Crippen LogP contribution in [0.2, 0.25) is 0 Å². The van der Waals surface area contributed by atoms with Gasteiger partial charge in [0, 0.05) is 18.0 Å². The molecule has 15 heavy (non-hydrogen) atoms. The van der Waals surface area contributed by atoms with Crippen molar-refractivity contribution in [3.63, 3.8) is 0 Å². The molecule has 0 heterocycles. The van der Waals surface area contributed by atoms with E-state index in [0.717, 1.165) is 19.4 Å². The van der Waals surface area contributed by atoms with Gasteiger partial charge >= 0.3 is 0 Å². The van der Waals surface area contributed by atoms with Crippen molar-refractivity contribution >= 4 is 5.91 Å². The molecule has 4 heteroatoms. The predicted molar refractivity (Wildman–Crippen MR) is 59.5 cm³/mol. The quantitative estimate of drug-likeness (QED) is 0.615. The molecule has 88 valence electrons. The van der Waals surface area contributed by atoms with Gasteiger partial charge in [0.25, 0.3) is 0 Å². The Morgan fingerprint density at radius 1 is 1.53 bits per heavy atom. The largest absolute Gasteiger partial charge is 0.392 e. The molecule has 3 N–H and O–H groups in total. The Kier molecular flexibility index (Phi) is 4.11. The summed E-state index contributed by atoms with van der Waals surface area (Å²) < 4.78 is 0. The van der Waals surface area contributed by atoms with Crippen LogP contribution in [0.25, 0.3) is 0 Å². The second-order valence-electron chi connectivity index (χ2n) is 4.86. The lowest BCUT2D eigenvalue weighted by Gasteiger charge is -2.49. The van der Waals surface area contributed by atoms with Crippen molar-refractivity contribution in [3.8, 4) is 0 Å². The highest BCUT2D eigenvalue weighted by Gasteiger charge is 2.46. The van der Waals surface area contributed by atoms with Crippen LogP contribution in [0.15, 0.2) is 0 Å². The van der Waals surface area contributed by atoms with Gasteiger partial charge in [0.2, 0.25) is 5.91 Å². The fraction of sp³-hybridized carbons (Fsp3) is 0.909. The maximum Gasteiger partial charge on any atom is 0.233 e. The summed E-state index contributed by atoms with van der Waals surface area (Å²) >= 11 is 0. The first-order valence-corrected chi connectivity index (χ1v) is 5.66. The van der Waals surface area contributed by atoms with Gasteiger partial charge in [0.15, 0.2) is 0 Å². The zero-order valence-corrected chi connectivity index (χ0v) is 9.84. The fourth-order valence-corrected chi connectivity index (χ4v) is 1.79. The lowest BCUT2D eigenvalue weighted by atomic mass is 9.64. The molecular formula is C11H22N2O2. The highest BCUT2D eigenvalue weighted by Crippen LogP contribution is 2.40. The summed E-state index contributed by atoms with van der Waals surface area (Å²) in [5.41, 5.74) is -0.106. The standard InChI is InChI=1S/C11H22N2O2/c1-4-5-12-10(15)7-13-8-6-9(14)11(8,2)3/h8-9,13-14H,4-7H2,1-3H3,(H,12,15). The SMILES string of the molecule is CCCNC(=O)CNC1CC(O)C1(C)C. The van der Waals surface area contributed by atoms with E-state index in [9.17, 15) is 9.90 Å². The van der Waals surface area contributed by atoms with Crippen molar-refractivity contribution in [1.82, 2.24) is 10.6 Å². The summed E-state index contributed by atoms with van der Waals surface area (Å²) in [6.07, 6.45) is 1.46. The van der Waals surface area contributed by atoms with E-state index in [1.54, 1.807) is 0 Å². The van der Waals surface area contributed by atoms with Crippen LogP contribution in [0.4, 0.5) is 0 Å². The van der Waals surface area contributed by atoms with Crippen molar-refractivity contribution in [2.24, 2.45) is 5.41 Å².